The van der Waals surface area contributed by atoms with E-state index in [1.807, 2.05) is 0 Å². The van der Waals surface area contributed by atoms with Crippen LogP contribution in [0.1, 0.15) is 87.9 Å². The highest BCUT2D eigenvalue weighted by atomic mass is 16.7. The molecule has 5 unspecified atom stereocenters. The molecule has 32 heavy (non-hydrogen) atoms. The Morgan fingerprint density at radius 2 is 1.12 bits per heavy atom. The minimum absolute atomic E-state index is 0.0237. The molecule has 0 N–H and O–H groups in total. The van der Waals surface area contributed by atoms with Gasteiger partial charge in [0, 0.05) is 0 Å². The Labute approximate surface area is 189 Å². The van der Waals surface area contributed by atoms with E-state index < -0.39 is 11.9 Å². The largest absolute Gasteiger partial charge is 0.456 e. The predicted molar refractivity (Wildman–Crippen MR) is 117 cm³/mol. The molecule has 1 aromatic rings. The average molecular weight is 443 g/mol. The van der Waals surface area contributed by atoms with E-state index in [2.05, 4.69) is 41.5 Å². The van der Waals surface area contributed by atoms with Gasteiger partial charge in [-0.2, -0.15) is 0 Å². The van der Waals surface area contributed by atoms with Crippen LogP contribution in [0.15, 0.2) is 24.3 Å². The first kappa shape index (κ1) is 21.9. The van der Waals surface area contributed by atoms with Crippen LogP contribution < -0.4 is 0 Å². The highest BCUT2D eigenvalue weighted by Crippen LogP contribution is 2.56. The molecule has 0 radical (unpaired) electrons. The van der Waals surface area contributed by atoms with Gasteiger partial charge in [-0.25, -0.2) is 9.59 Å². The fourth-order valence-electron chi connectivity index (χ4n) is 6.53. The highest BCUT2D eigenvalue weighted by Gasteiger charge is 2.64. The second kappa shape index (κ2) is 6.80. The smallest absolute Gasteiger partial charge is 0.339 e. The van der Waals surface area contributed by atoms with Crippen LogP contribution in [0, 0.1) is 10.8 Å². The molecule has 5 rings (SSSR count). The van der Waals surface area contributed by atoms with E-state index in [9.17, 15) is 9.59 Å². The van der Waals surface area contributed by atoms with Crippen molar-refractivity contribution in [3.8, 4) is 0 Å². The van der Waals surface area contributed by atoms with Crippen LogP contribution in [0.3, 0.4) is 0 Å². The molecule has 0 aromatic heterocycles. The first-order valence-corrected chi connectivity index (χ1v) is 11.7. The van der Waals surface area contributed by atoms with E-state index in [0.717, 1.165) is 25.7 Å². The maximum absolute atomic E-state index is 13.1. The van der Waals surface area contributed by atoms with Gasteiger partial charge in [-0.05, 0) is 62.5 Å². The fraction of sp³-hybridized carbons (Fsp3) is 0.692. The molecule has 0 amide bonds. The molecule has 2 saturated carbocycles. The van der Waals surface area contributed by atoms with Crippen molar-refractivity contribution in [3.05, 3.63) is 35.4 Å². The summed E-state index contributed by atoms with van der Waals surface area (Å²) in [6, 6.07) is 6.73. The van der Waals surface area contributed by atoms with Gasteiger partial charge in [0.1, 0.15) is 24.4 Å². The van der Waals surface area contributed by atoms with Crippen LogP contribution in [0.25, 0.3) is 0 Å². The fourth-order valence-corrected chi connectivity index (χ4v) is 6.53. The zero-order chi connectivity index (χ0) is 23.1. The van der Waals surface area contributed by atoms with Crippen molar-refractivity contribution < 1.29 is 28.5 Å². The first-order valence-electron chi connectivity index (χ1n) is 11.7. The van der Waals surface area contributed by atoms with Gasteiger partial charge in [0.15, 0.2) is 0 Å². The number of fused-ring (bicyclic) bond motifs is 2. The van der Waals surface area contributed by atoms with Gasteiger partial charge >= 0.3 is 11.9 Å². The minimum Gasteiger partial charge on any atom is -0.456 e. The molecule has 0 spiro atoms. The third kappa shape index (κ3) is 3.86. The number of benzene rings is 1. The molecule has 4 aliphatic rings. The summed E-state index contributed by atoms with van der Waals surface area (Å²) in [5.74, 6) is -1.01. The molecule has 1 aromatic carbocycles. The molecule has 6 nitrogen and oxygen atoms in total. The lowest BCUT2D eigenvalue weighted by Crippen LogP contribution is -2.41. The summed E-state index contributed by atoms with van der Waals surface area (Å²) < 4.78 is 23.6. The lowest BCUT2D eigenvalue weighted by atomic mass is 9.71. The van der Waals surface area contributed by atoms with Crippen LogP contribution >= 0.6 is 0 Å². The van der Waals surface area contributed by atoms with Gasteiger partial charge in [-0.1, -0.05) is 39.8 Å². The number of esters is 2. The number of ether oxygens (including phenoxy) is 4. The topological polar surface area (TPSA) is 77.7 Å². The van der Waals surface area contributed by atoms with Gasteiger partial charge in [-0.15, -0.1) is 0 Å². The van der Waals surface area contributed by atoms with E-state index in [4.69, 9.17) is 18.9 Å². The molecule has 4 fully saturated rings. The number of carbonyl (C=O) groups is 2. The Kier molecular flexibility index (Phi) is 4.65. The monoisotopic (exact) mass is 442 g/mol. The molecule has 6 atom stereocenters. The zero-order valence-corrected chi connectivity index (χ0v) is 19.9. The number of rotatable bonds is 4. The molecule has 2 aliphatic heterocycles. The minimum atomic E-state index is -0.505. The average Bonchev–Trinajstić information content (AvgIpc) is 3.53. The van der Waals surface area contributed by atoms with E-state index >= 15 is 0 Å². The molecule has 174 valence electrons. The summed E-state index contributed by atoms with van der Waals surface area (Å²) in [7, 11) is 0. The Bertz CT molecular complexity index is 884. The van der Waals surface area contributed by atoms with Gasteiger partial charge < -0.3 is 18.9 Å². The summed E-state index contributed by atoms with van der Waals surface area (Å²) in [4.78, 5) is 26.3. The lowest BCUT2D eigenvalue weighted by molar-refractivity contribution is 0.000583. The number of hydrogen-bond acceptors (Lipinski definition) is 6. The zero-order valence-electron chi connectivity index (χ0n) is 19.9. The summed E-state index contributed by atoms with van der Waals surface area (Å²) in [6.45, 7) is 12.8. The van der Waals surface area contributed by atoms with E-state index in [-0.39, 0.29) is 57.6 Å². The first-order chi connectivity index (χ1) is 14.8. The Morgan fingerprint density at radius 1 is 0.750 bits per heavy atom. The van der Waals surface area contributed by atoms with E-state index in [0.29, 0.717) is 0 Å². The van der Waals surface area contributed by atoms with Crippen molar-refractivity contribution in [2.45, 2.75) is 103 Å². The summed E-state index contributed by atoms with van der Waals surface area (Å²) in [5, 5.41) is 0. The van der Waals surface area contributed by atoms with Crippen molar-refractivity contribution in [1.82, 2.24) is 0 Å². The second-order valence-electron chi connectivity index (χ2n) is 12.2. The molecular weight excluding hydrogens is 408 g/mol. The Morgan fingerprint density at radius 3 is 1.50 bits per heavy atom. The van der Waals surface area contributed by atoms with Crippen molar-refractivity contribution in [2.75, 3.05) is 0 Å². The number of epoxide rings is 2. The lowest BCUT2D eigenvalue weighted by Gasteiger charge is -2.35. The van der Waals surface area contributed by atoms with Crippen molar-refractivity contribution in [2.24, 2.45) is 10.8 Å². The molecule has 6 heteroatoms. The SMILES string of the molecule is CC1(C)CC(OC(=O)c2ccccc2C(=O)OC2CC(C)(C)C[C@]3(C)OC23)C2OC2(C)C1. The molecule has 2 aliphatic carbocycles. The Balaban J connectivity index is 1.31. The van der Waals surface area contributed by atoms with Crippen LogP contribution in [0.5, 0.6) is 0 Å². The van der Waals surface area contributed by atoms with Crippen LogP contribution in [0.2, 0.25) is 0 Å². The molecule has 2 saturated heterocycles. The predicted octanol–water partition coefficient (Wildman–Crippen LogP) is 4.69. The normalized spacial score (nSPS) is 40.4. The van der Waals surface area contributed by atoms with E-state index in [1.165, 1.54) is 0 Å². The molecule has 0 bridgehead atoms. The number of carbonyl (C=O) groups excluding carboxylic acids is 2. The highest BCUT2D eigenvalue weighted by molar-refractivity contribution is 6.03. The third-order valence-electron chi connectivity index (χ3n) is 7.61. The molecular formula is C26H34O6. The standard InChI is InChI=1S/C26H34O6/c1-23(2)11-17(19-25(5,13-23)31-19)29-21(27)15-9-7-8-10-16(15)22(28)30-18-12-24(3,4)14-26(6)20(18)32-26/h7-10,17-20H,11-14H2,1-6H3/t17?,18?,19?,20?,25-,26?/m0/s1. The maximum atomic E-state index is 13.1. The van der Waals surface area contributed by atoms with Crippen LogP contribution in [-0.4, -0.2) is 47.6 Å². The third-order valence-corrected chi connectivity index (χ3v) is 7.61. The molecule has 2 heterocycles. The summed E-state index contributed by atoms with van der Waals surface area (Å²) in [5.41, 5.74) is 0.0627. The van der Waals surface area contributed by atoms with Gasteiger partial charge in [-0.3, -0.25) is 0 Å². The maximum Gasteiger partial charge on any atom is 0.339 e. The quantitative estimate of drug-likeness (QED) is 0.497. The van der Waals surface area contributed by atoms with Crippen LogP contribution in [0.4, 0.5) is 0 Å². The van der Waals surface area contributed by atoms with Gasteiger partial charge in [0.25, 0.3) is 0 Å². The number of hydrogen-bond donors (Lipinski definition) is 0. The van der Waals surface area contributed by atoms with Crippen molar-refractivity contribution >= 4 is 11.9 Å². The second-order valence-corrected chi connectivity index (χ2v) is 12.2. The van der Waals surface area contributed by atoms with Crippen LogP contribution in [-0.2, 0) is 18.9 Å². The Hall–Kier alpha value is -1.92. The van der Waals surface area contributed by atoms with E-state index in [1.54, 1.807) is 24.3 Å². The van der Waals surface area contributed by atoms with Gasteiger partial charge in [0.2, 0.25) is 0 Å². The van der Waals surface area contributed by atoms with Gasteiger partial charge in [0.05, 0.1) is 22.3 Å². The van der Waals surface area contributed by atoms with Crippen molar-refractivity contribution in [3.63, 3.8) is 0 Å². The summed E-state index contributed by atoms with van der Waals surface area (Å²) in [6.07, 6.45) is 2.57. The summed E-state index contributed by atoms with van der Waals surface area (Å²) >= 11 is 0. The van der Waals surface area contributed by atoms with Crippen molar-refractivity contribution in [1.29, 1.82) is 0 Å².